The molecule has 2 heterocycles. The first-order valence-corrected chi connectivity index (χ1v) is 3.98. The summed E-state index contributed by atoms with van der Waals surface area (Å²) in [6, 6.07) is 8.39. The molecule has 0 saturated heterocycles. The molecule has 12 heavy (non-hydrogen) atoms. The van der Waals surface area contributed by atoms with Crippen LogP contribution in [0.2, 0.25) is 0 Å². The minimum Gasteiger partial charge on any atom is -0.361 e. The summed E-state index contributed by atoms with van der Waals surface area (Å²) in [5.74, 6) is 0. The Morgan fingerprint density at radius 2 is 1.17 bits per heavy atom. The number of rotatable bonds is 0. The van der Waals surface area contributed by atoms with Crippen LogP contribution in [0.3, 0.4) is 0 Å². The van der Waals surface area contributed by atoms with Crippen molar-refractivity contribution >= 4 is 21.8 Å². The van der Waals surface area contributed by atoms with Crippen molar-refractivity contribution in [3.63, 3.8) is 0 Å². The highest BCUT2D eigenvalue weighted by atomic mass is 14.7. The Hall–Kier alpha value is -1.70. The maximum atomic E-state index is 3.19. The third kappa shape index (κ3) is 0.593. The van der Waals surface area contributed by atoms with Crippen LogP contribution in [0.25, 0.3) is 21.8 Å². The van der Waals surface area contributed by atoms with Gasteiger partial charge in [-0.3, -0.25) is 0 Å². The van der Waals surface area contributed by atoms with Crippen molar-refractivity contribution in [2.75, 3.05) is 0 Å². The fourth-order valence-electron chi connectivity index (χ4n) is 1.68. The lowest BCUT2D eigenvalue weighted by molar-refractivity contribution is 1.46. The van der Waals surface area contributed by atoms with Crippen LogP contribution in [0.1, 0.15) is 0 Å². The monoisotopic (exact) mass is 156 g/mol. The van der Waals surface area contributed by atoms with Crippen molar-refractivity contribution < 1.29 is 0 Å². The summed E-state index contributed by atoms with van der Waals surface area (Å²) in [4.78, 5) is 6.38. The Balaban J connectivity index is 2.71. The SMILES string of the molecule is c1cc2c(ccc3[nH]ccc32)[nH]1. The zero-order valence-electron chi connectivity index (χ0n) is 6.46. The quantitative estimate of drug-likeness (QED) is 0.501. The lowest BCUT2D eigenvalue weighted by Crippen LogP contribution is -1.69. The second-order valence-corrected chi connectivity index (χ2v) is 2.94. The Morgan fingerprint density at radius 3 is 1.67 bits per heavy atom. The van der Waals surface area contributed by atoms with Crippen molar-refractivity contribution in [2.24, 2.45) is 0 Å². The van der Waals surface area contributed by atoms with Crippen LogP contribution >= 0.6 is 0 Å². The smallest absolute Gasteiger partial charge is 0.0461 e. The number of fused-ring (bicyclic) bond motifs is 3. The van der Waals surface area contributed by atoms with Crippen LogP contribution in [0.4, 0.5) is 0 Å². The highest BCUT2D eigenvalue weighted by Gasteiger charge is 1.99. The molecule has 3 aromatic rings. The van der Waals surface area contributed by atoms with E-state index in [0.717, 1.165) is 0 Å². The van der Waals surface area contributed by atoms with Crippen molar-refractivity contribution in [2.45, 2.75) is 0 Å². The van der Waals surface area contributed by atoms with E-state index in [-0.39, 0.29) is 0 Å². The second-order valence-electron chi connectivity index (χ2n) is 2.94. The Kier molecular flexibility index (Phi) is 0.939. The number of H-pyrrole nitrogens is 2. The molecule has 2 nitrogen and oxygen atoms in total. The average molecular weight is 156 g/mol. The first-order chi connectivity index (χ1) is 5.95. The van der Waals surface area contributed by atoms with E-state index in [9.17, 15) is 0 Å². The number of nitrogens with one attached hydrogen (secondary N) is 2. The Morgan fingerprint density at radius 1 is 0.667 bits per heavy atom. The standard InChI is InChI=1S/C10H8N2/c1-2-10-8(4-6-12-10)7-3-5-11-9(1)7/h1-6,11-12H. The highest BCUT2D eigenvalue weighted by molar-refractivity contribution is 6.05. The molecule has 0 saturated carbocycles. The molecule has 0 bridgehead atoms. The third-order valence-corrected chi connectivity index (χ3v) is 2.26. The third-order valence-electron chi connectivity index (χ3n) is 2.26. The number of aromatic amines is 2. The predicted octanol–water partition coefficient (Wildman–Crippen LogP) is 2.65. The molecule has 0 aliphatic heterocycles. The van der Waals surface area contributed by atoms with Gasteiger partial charge in [-0.2, -0.15) is 0 Å². The Bertz CT molecular complexity index is 481. The molecule has 0 unspecified atom stereocenters. The molecule has 3 rings (SSSR count). The van der Waals surface area contributed by atoms with Gasteiger partial charge in [0, 0.05) is 34.2 Å². The lowest BCUT2D eigenvalue weighted by Gasteiger charge is -1.91. The predicted molar refractivity (Wildman–Crippen MR) is 50.2 cm³/mol. The van der Waals surface area contributed by atoms with Crippen LogP contribution in [-0.2, 0) is 0 Å². The fourth-order valence-corrected chi connectivity index (χ4v) is 1.68. The van der Waals surface area contributed by atoms with E-state index >= 15 is 0 Å². The molecule has 0 atom stereocenters. The van der Waals surface area contributed by atoms with E-state index in [2.05, 4.69) is 34.2 Å². The molecule has 0 fully saturated rings. The molecule has 2 N–H and O–H groups in total. The van der Waals surface area contributed by atoms with E-state index in [4.69, 9.17) is 0 Å². The van der Waals surface area contributed by atoms with Gasteiger partial charge in [-0.25, -0.2) is 0 Å². The van der Waals surface area contributed by atoms with Crippen LogP contribution in [0.15, 0.2) is 36.7 Å². The molecule has 2 heteroatoms. The molecule has 0 aliphatic carbocycles. The molecule has 0 spiro atoms. The maximum Gasteiger partial charge on any atom is 0.0461 e. The highest BCUT2D eigenvalue weighted by Crippen LogP contribution is 2.22. The molecule has 0 amide bonds. The molecule has 0 aliphatic rings. The van der Waals surface area contributed by atoms with Crippen molar-refractivity contribution in [3.05, 3.63) is 36.7 Å². The van der Waals surface area contributed by atoms with E-state index in [0.29, 0.717) is 0 Å². The summed E-state index contributed by atoms with van der Waals surface area (Å²) in [5, 5.41) is 2.57. The summed E-state index contributed by atoms with van der Waals surface area (Å²) in [7, 11) is 0. The van der Waals surface area contributed by atoms with Crippen molar-refractivity contribution in [1.82, 2.24) is 9.97 Å². The average Bonchev–Trinajstić information content (AvgIpc) is 2.71. The summed E-state index contributed by atoms with van der Waals surface area (Å²) >= 11 is 0. The van der Waals surface area contributed by atoms with Gasteiger partial charge in [-0.15, -0.1) is 0 Å². The number of hydrogen-bond donors (Lipinski definition) is 2. The van der Waals surface area contributed by atoms with Gasteiger partial charge in [-0.05, 0) is 24.3 Å². The Labute approximate surface area is 69.2 Å². The number of hydrogen-bond acceptors (Lipinski definition) is 0. The van der Waals surface area contributed by atoms with Gasteiger partial charge >= 0.3 is 0 Å². The fraction of sp³-hybridized carbons (Fsp3) is 0. The molecular formula is C10H8N2. The van der Waals surface area contributed by atoms with E-state index in [1.807, 2.05) is 12.4 Å². The lowest BCUT2D eigenvalue weighted by atomic mass is 10.2. The van der Waals surface area contributed by atoms with Gasteiger partial charge in [0.2, 0.25) is 0 Å². The van der Waals surface area contributed by atoms with Gasteiger partial charge in [0.1, 0.15) is 0 Å². The van der Waals surface area contributed by atoms with Crippen LogP contribution < -0.4 is 0 Å². The molecule has 0 radical (unpaired) electrons. The first kappa shape index (κ1) is 5.89. The maximum absolute atomic E-state index is 3.19. The molecule has 1 aromatic carbocycles. The van der Waals surface area contributed by atoms with Crippen LogP contribution in [0, 0.1) is 0 Å². The van der Waals surface area contributed by atoms with Gasteiger partial charge in [0.25, 0.3) is 0 Å². The van der Waals surface area contributed by atoms with Crippen molar-refractivity contribution in [3.8, 4) is 0 Å². The van der Waals surface area contributed by atoms with Crippen LogP contribution in [0.5, 0.6) is 0 Å². The molecule has 2 aromatic heterocycles. The summed E-state index contributed by atoms with van der Waals surface area (Å²) < 4.78 is 0. The largest absolute Gasteiger partial charge is 0.361 e. The minimum atomic E-state index is 1.20. The first-order valence-electron chi connectivity index (χ1n) is 3.98. The van der Waals surface area contributed by atoms with Crippen molar-refractivity contribution in [1.29, 1.82) is 0 Å². The summed E-state index contributed by atoms with van der Waals surface area (Å²) in [6.45, 7) is 0. The van der Waals surface area contributed by atoms with E-state index < -0.39 is 0 Å². The topological polar surface area (TPSA) is 31.6 Å². The summed E-state index contributed by atoms with van der Waals surface area (Å²) in [6.07, 6.45) is 3.94. The molecule has 58 valence electrons. The number of benzene rings is 1. The van der Waals surface area contributed by atoms with E-state index in [1.165, 1.54) is 21.8 Å². The minimum absolute atomic E-state index is 1.20. The second kappa shape index (κ2) is 1.91. The van der Waals surface area contributed by atoms with E-state index in [1.54, 1.807) is 0 Å². The summed E-state index contributed by atoms with van der Waals surface area (Å²) in [5.41, 5.74) is 2.39. The van der Waals surface area contributed by atoms with Gasteiger partial charge in [0.15, 0.2) is 0 Å². The molecular weight excluding hydrogens is 148 g/mol. The number of aromatic nitrogens is 2. The van der Waals surface area contributed by atoms with Gasteiger partial charge in [0.05, 0.1) is 0 Å². The zero-order chi connectivity index (χ0) is 7.97. The zero-order valence-corrected chi connectivity index (χ0v) is 6.46. The normalized spacial score (nSPS) is 11.3. The van der Waals surface area contributed by atoms with Gasteiger partial charge < -0.3 is 9.97 Å². The van der Waals surface area contributed by atoms with Crippen LogP contribution in [-0.4, -0.2) is 9.97 Å². The van der Waals surface area contributed by atoms with Gasteiger partial charge in [-0.1, -0.05) is 0 Å².